The van der Waals surface area contributed by atoms with Crippen molar-refractivity contribution in [2.24, 2.45) is 5.10 Å². The summed E-state index contributed by atoms with van der Waals surface area (Å²) in [4.78, 5) is 25.0. The highest BCUT2D eigenvalue weighted by molar-refractivity contribution is 5.94. The van der Waals surface area contributed by atoms with Crippen LogP contribution in [0.5, 0.6) is 5.75 Å². The van der Waals surface area contributed by atoms with Crippen LogP contribution in [0.4, 0.5) is 0 Å². The van der Waals surface area contributed by atoms with Gasteiger partial charge in [-0.05, 0) is 61.4 Å². The van der Waals surface area contributed by atoms with Crippen LogP contribution in [-0.4, -0.2) is 23.3 Å². The summed E-state index contributed by atoms with van der Waals surface area (Å²) >= 11 is 0. The van der Waals surface area contributed by atoms with Crippen LogP contribution in [0.25, 0.3) is 0 Å². The molecule has 0 saturated carbocycles. The number of hydrazone groups is 1. The monoisotopic (exact) mass is 389 g/mol. The Bertz CT molecular complexity index is 1050. The summed E-state index contributed by atoms with van der Waals surface area (Å²) in [5, 5.41) is 3.94. The Morgan fingerprint density at radius 3 is 2.52 bits per heavy atom. The van der Waals surface area contributed by atoms with Gasteiger partial charge >= 0.3 is 0 Å². The number of carbonyl (C=O) groups excluding carboxylic acids is 1. The minimum atomic E-state index is -0.546. The minimum Gasteiger partial charge on any atom is -0.494 e. The van der Waals surface area contributed by atoms with Crippen LogP contribution >= 0.6 is 0 Å². The Morgan fingerprint density at radius 1 is 1.10 bits per heavy atom. The molecular weight excluding hydrogens is 366 g/mol. The first-order chi connectivity index (χ1) is 14.1. The van der Waals surface area contributed by atoms with Crippen LogP contribution in [0.1, 0.15) is 34.0 Å². The highest BCUT2D eigenvalue weighted by atomic mass is 16.5. The molecule has 0 saturated heterocycles. The lowest BCUT2D eigenvalue weighted by atomic mass is 10.1. The molecule has 1 heterocycles. The van der Waals surface area contributed by atoms with Gasteiger partial charge in [-0.2, -0.15) is 5.10 Å². The van der Waals surface area contributed by atoms with Gasteiger partial charge < -0.3 is 9.30 Å². The maximum absolute atomic E-state index is 12.7. The van der Waals surface area contributed by atoms with Crippen LogP contribution < -0.4 is 15.7 Å². The van der Waals surface area contributed by atoms with E-state index in [1.165, 1.54) is 16.8 Å². The zero-order chi connectivity index (χ0) is 20.6. The van der Waals surface area contributed by atoms with Crippen LogP contribution in [0.2, 0.25) is 0 Å². The molecular formula is C23H23N3O3. The summed E-state index contributed by atoms with van der Waals surface area (Å²) in [5.41, 5.74) is 5.04. The summed E-state index contributed by atoms with van der Waals surface area (Å²) in [5.74, 6) is 0.225. The third kappa shape index (κ3) is 5.42. The standard InChI is InChI=1S/C23H23N3O3/c1-3-29-20-12-10-18(11-13-20)15-24-25-22(27)21-5-4-14-26(23(21)28)16-19-8-6-17(2)7-9-19/h4-15H,3,16H2,1-2H3,(H,25,27)/b24-15-. The summed E-state index contributed by atoms with van der Waals surface area (Å²) in [6, 6.07) is 18.4. The number of pyridine rings is 1. The Hall–Kier alpha value is -3.67. The lowest BCUT2D eigenvalue weighted by Crippen LogP contribution is -2.30. The third-order valence-corrected chi connectivity index (χ3v) is 4.31. The summed E-state index contributed by atoms with van der Waals surface area (Å²) in [7, 11) is 0. The van der Waals surface area contributed by atoms with Gasteiger partial charge in [0, 0.05) is 6.20 Å². The lowest BCUT2D eigenvalue weighted by molar-refractivity contribution is 0.0953. The maximum atomic E-state index is 12.7. The molecule has 1 N–H and O–H groups in total. The van der Waals surface area contributed by atoms with Gasteiger partial charge in [-0.1, -0.05) is 29.8 Å². The number of hydrogen-bond acceptors (Lipinski definition) is 4. The molecule has 6 heteroatoms. The number of nitrogens with zero attached hydrogens (tertiary/aromatic N) is 2. The van der Waals surface area contributed by atoms with Crippen LogP contribution in [-0.2, 0) is 6.54 Å². The summed E-state index contributed by atoms with van der Waals surface area (Å²) in [6.07, 6.45) is 3.18. The number of aryl methyl sites for hydroxylation is 1. The van der Waals surface area contributed by atoms with Crippen LogP contribution in [0.3, 0.4) is 0 Å². The van der Waals surface area contributed by atoms with E-state index in [1.807, 2.05) is 62.4 Å². The van der Waals surface area contributed by atoms with E-state index in [-0.39, 0.29) is 11.1 Å². The Labute approximate surface area is 169 Å². The van der Waals surface area contributed by atoms with E-state index >= 15 is 0 Å². The van der Waals surface area contributed by atoms with Crippen molar-refractivity contribution >= 4 is 12.1 Å². The molecule has 0 aliphatic heterocycles. The molecule has 29 heavy (non-hydrogen) atoms. The molecule has 2 aromatic carbocycles. The number of nitrogens with one attached hydrogen (secondary N) is 1. The smallest absolute Gasteiger partial charge is 0.276 e. The number of aromatic nitrogens is 1. The number of carbonyl (C=O) groups is 1. The predicted molar refractivity (Wildman–Crippen MR) is 114 cm³/mol. The van der Waals surface area contributed by atoms with Gasteiger partial charge in [0.1, 0.15) is 11.3 Å². The van der Waals surface area contributed by atoms with Crippen molar-refractivity contribution < 1.29 is 9.53 Å². The molecule has 0 spiro atoms. The first-order valence-corrected chi connectivity index (χ1v) is 9.38. The highest BCUT2D eigenvalue weighted by Gasteiger charge is 2.11. The Balaban J connectivity index is 1.67. The molecule has 0 aliphatic carbocycles. The molecule has 3 aromatic rings. The zero-order valence-electron chi connectivity index (χ0n) is 16.5. The predicted octanol–water partition coefficient (Wildman–Crippen LogP) is 3.37. The molecule has 0 radical (unpaired) electrons. The first-order valence-electron chi connectivity index (χ1n) is 9.38. The number of benzene rings is 2. The average Bonchev–Trinajstić information content (AvgIpc) is 2.72. The number of ether oxygens (including phenoxy) is 1. The summed E-state index contributed by atoms with van der Waals surface area (Å²) in [6.45, 7) is 4.93. The first kappa shape index (κ1) is 20.1. The van der Waals surface area contributed by atoms with E-state index in [1.54, 1.807) is 12.3 Å². The molecule has 0 bridgehead atoms. The molecule has 6 nitrogen and oxygen atoms in total. The fraction of sp³-hybridized carbons (Fsp3) is 0.174. The Kier molecular flexibility index (Phi) is 6.58. The quantitative estimate of drug-likeness (QED) is 0.497. The van der Waals surface area contributed by atoms with Crippen molar-refractivity contribution in [3.8, 4) is 5.75 Å². The maximum Gasteiger partial charge on any atom is 0.276 e. The van der Waals surface area contributed by atoms with Gasteiger partial charge in [-0.25, -0.2) is 5.43 Å². The van der Waals surface area contributed by atoms with Gasteiger partial charge in [-0.3, -0.25) is 9.59 Å². The average molecular weight is 389 g/mol. The summed E-state index contributed by atoms with van der Waals surface area (Å²) < 4.78 is 6.89. The van der Waals surface area contributed by atoms with Crippen molar-refractivity contribution in [1.29, 1.82) is 0 Å². The molecule has 1 amide bonds. The number of rotatable bonds is 7. The highest BCUT2D eigenvalue weighted by Crippen LogP contribution is 2.10. The van der Waals surface area contributed by atoms with Gasteiger partial charge in [0.05, 0.1) is 19.4 Å². The van der Waals surface area contributed by atoms with Gasteiger partial charge in [-0.15, -0.1) is 0 Å². The van der Waals surface area contributed by atoms with E-state index in [9.17, 15) is 9.59 Å². The molecule has 3 rings (SSSR count). The normalized spacial score (nSPS) is 10.8. The molecule has 0 aliphatic rings. The lowest BCUT2D eigenvalue weighted by Gasteiger charge is -2.08. The van der Waals surface area contributed by atoms with E-state index in [0.717, 1.165) is 22.4 Å². The second-order valence-corrected chi connectivity index (χ2v) is 6.54. The van der Waals surface area contributed by atoms with Crippen molar-refractivity contribution in [2.45, 2.75) is 20.4 Å². The van der Waals surface area contributed by atoms with E-state index in [4.69, 9.17) is 4.74 Å². The molecule has 0 unspecified atom stereocenters. The molecule has 0 atom stereocenters. The van der Waals surface area contributed by atoms with Crippen LogP contribution in [0.15, 0.2) is 76.8 Å². The zero-order valence-corrected chi connectivity index (χ0v) is 16.5. The third-order valence-electron chi connectivity index (χ3n) is 4.31. The van der Waals surface area contributed by atoms with Crippen LogP contribution in [0, 0.1) is 6.92 Å². The largest absolute Gasteiger partial charge is 0.494 e. The second-order valence-electron chi connectivity index (χ2n) is 6.54. The fourth-order valence-corrected chi connectivity index (χ4v) is 2.77. The topological polar surface area (TPSA) is 72.7 Å². The fourth-order valence-electron chi connectivity index (χ4n) is 2.77. The van der Waals surface area contributed by atoms with Gasteiger partial charge in [0.2, 0.25) is 0 Å². The van der Waals surface area contributed by atoms with Crippen molar-refractivity contribution in [3.05, 3.63) is 99.5 Å². The molecule has 0 fully saturated rings. The minimum absolute atomic E-state index is 0.0449. The van der Waals surface area contributed by atoms with Gasteiger partial charge in [0.25, 0.3) is 11.5 Å². The van der Waals surface area contributed by atoms with E-state index in [2.05, 4.69) is 10.5 Å². The Morgan fingerprint density at radius 2 is 1.83 bits per heavy atom. The van der Waals surface area contributed by atoms with E-state index < -0.39 is 5.91 Å². The molecule has 148 valence electrons. The van der Waals surface area contributed by atoms with Gasteiger partial charge in [0.15, 0.2) is 0 Å². The van der Waals surface area contributed by atoms with E-state index in [0.29, 0.717) is 13.2 Å². The SMILES string of the molecule is CCOc1ccc(/C=N\NC(=O)c2cccn(Cc3ccc(C)cc3)c2=O)cc1. The number of amides is 1. The number of hydrogen-bond donors (Lipinski definition) is 1. The molecule has 1 aromatic heterocycles. The second kappa shape index (κ2) is 9.50. The van der Waals surface area contributed by atoms with Crippen molar-refractivity contribution in [1.82, 2.24) is 9.99 Å². The van der Waals surface area contributed by atoms with Crippen molar-refractivity contribution in [3.63, 3.8) is 0 Å². The van der Waals surface area contributed by atoms with Crippen molar-refractivity contribution in [2.75, 3.05) is 6.61 Å².